The first-order chi connectivity index (χ1) is 14.7. The summed E-state index contributed by atoms with van der Waals surface area (Å²) in [5.74, 6) is 0. The molecule has 0 amide bonds. The normalized spacial score (nSPS) is 14.2. The zero-order valence-corrected chi connectivity index (χ0v) is 18.4. The summed E-state index contributed by atoms with van der Waals surface area (Å²) in [4.78, 5) is 26.6. The molecule has 0 radical (unpaired) electrons. The third-order valence-electron chi connectivity index (χ3n) is 5.07. The maximum atomic E-state index is 13.8. The highest BCUT2D eigenvalue weighted by molar-refractivity contribution is 7.95. The van der Waals surface area contributed by atoms with Gasteiger partial charge in [0.1, 0.15) is 0 Å². The van der Waals surface area contributed by atoms with E-state index in [2.05, 4.69) is 0 Å². The SMILES string of the molecule is CCCCP(=O)(C(=O)c1c(C)cccc1C)C(=O)c1c(C(F)(F)F)cccc1C(F)(F)F. The highest BCUT2D eigenvalue weighted by atomic mass is 31.2. The highest BCUT2D eigenvalue weighted by Crippen LogP contribution is 2.56. The Bertz CT molecular complexity index is 1030. The van der Waals surface area contributed by atoms with Crippen LogP contribution in [0.15, 0.2) is 36.4 Å². The van der Waals surface area contributed by atoms with E-state index in [0.717, 1.165) is 0 Å². The Morgan fingerprint density at radius 2 is 1.19 bits per heavy atom. The first-order valence-corrected chi connectivity index (χ1v) is 11.6. The molecule has 1 atom stereocenters. The number of aryl methyl sites for hydroxylation is 2. The van der Waals surface area contributed by atoms with Crippen LogP contribution in [-0.2, 0) is 16.9 Å². The van der Waals surface area contributed by atoms with Gasteiger partial charge in [-0.25, -0.2) is 0 Å². The molecular formula is C22H21F6O3P. The topological polar surface area (TPSA) is 51.2 Å². The molecule has 0 saturated carbocycles. The lowest BCUT2D eigenvalue weighted by atomic mass is 10.0. The van der Waals surface area contributed by atoms with Gasteiger partial charge in [0.2, 0.25) is 18.2 Å². The predicted octanol–water partition coefficient (Wildman–Crippen LogP) is 7.48. The van der Waals surface area contributed by atoms with Crippen LogP contribution in [0.5, 0.6) is 0 Å². The van der Waals surface area contributed by atoms with E-state index in [1.807, 2.05) is 0 Å². The molecule has 0 fully saturated rings. The monoisotopic (exact) mass is 478 g/mol. The molecule has 174 valence electrons. The second-order valence-corrected chi connectivity index (χ2v) is 10.2. The van der Waals surface area contributed by atoms with E-state index < -0.39 is 53.4 Å². The van der Waals surface area contributed by atoms with Gasteiger partial charge >= 0.3 is 12.4 Å². The Balaban J connectivity index is 2.86. The summed E-state index contributed by atoms with van der Waals surface area (Å²) < 4.78 is 95.3. The second-order valence-electron chi connectivity index (χ2n) is 7.42. The maximum Gasteiger partial charge on any atom is 0.417 e. The third kappa shape index (κ3) is 4.98. The molecule has 0 aliphatic heterocycles. The van der Waals surface area contributed by atoms with Gasteiger partial charge in [0.15, 0.2) is 0 Å². The second kappa shape index (κ2) is 9.22. The molecule has 0 heterocycles. The van der Waals surface area contributed by atoms with Crippen molar-refractivity contribution in [2.75, 3.05) is 6.16 Å². The molecule has 0 N–H and O–H groups in total. The van der Waals surface area contributed by atoms with E-state index in [9.17, 15) is 40.5 Å². The zero-order valence-electron chi connectivity index (χ0n) is 17.5. The smallest absolute Gasteiger partial charge is 0.307 e. The molecule has 10 heteroatoms. The fourth-order valence-electron chi connectivity index (χ4n) is 3.44. The van der Waals surface area contributed by atoms with Crippen LogP contribution in [0.3, 0.4) is 0 Å². The van der Waals surface area contributed by atoms with Crippen molar-refractivity contribution in [3.05, 3.63) is 69.8 Å². The zero-order chi connectivity index (χ0) is 24.5. The molecule has 2 aromatic rings. The first kappa shape index (κ1) is 25.8. The molecule has 0 aliphatic rings. The fraction of sp³-hybridized carbons (Fsp3) is 0.364. The van der Waals surface area contributed by atoms with Crippen LogP contribution in [0.4, 0.5) is 26.3 Å². The molecule has 0 aromatic heterocycles. The molecule has 0 spiro atoms. The number of hydrogen-bond donors (Lipinski definition) is 0. The molecule has 0 aliphatic carbocycles. The van der Waals surface area contributed by atoms with Crippen molar-refractivity contribution in [3.63, 3.8) is 0 Å². The minimum absolute atomic E-state index is 0.00915. The number of benzene rings is 2. The molecule has 32 heavy (non-hydrogen) atoms. The van der Waals surface area contributed by atoms with Gasteiger partial charge in [0, 0.05) is 11.7 Å². The number of alkyl halides is 6. The number of hydrogen-bond acceptors (Lipinski definition) is 3. The lowest BCUT2D eigenvalue weighted by Crippen LogP contribution is -2.23. The third-order valence-corrected chi connectivity index (χ3v) is 7.77. The van der Waals surface area contributed by atoms with Crippen LogP contribution in [-0.4, -0.2) is 17.2 Å². The summed E-state index contributed by atoms with van der Waals surface area (Å²) in [6, 6.07) is 5.71. The summed E-state index contributed by atoms with van der Waals surface area (Å²) in [6.07, 6.45) is -11.0. The Morgan fingerprint density at radius 1 is 0.781 bits per heavy atom. The van der Waals surface area contributed by atoms with Crippen molar-refractivity contribution >= 4 is 18.2 Å². The number of carbonyl (C=O) groups excluding carboxylic acids is 2. The predicted molar refractivity (Wildman–Crippen MR) is 108 cm³/mol. The summed E-state index contributed by atoms with van der Waals surface area (Å²) in [7, 11) is -4.89. The highest BCUT2D eigenvalue weighted by Gasteiger charge is 2.49. The van der Waals surface area contributed by atoms with Crippen LogP contribution in [0, 0.1) is 13.8 Å². The average Bonchev–Trinajstić information content (AvgIpc) is 2.69. The van der Waals surface area contributed by atoms with E-state index >= 15 is 0 Å². The molecule has 3 nitrogen and oxygen atoms in total. The van der Waals surface area contributed by atoms with Gasteiger partial charge in [-0.15, -0.1) is 0 Å². The standard InChI is InChI=1S/C22H21F6O3P/c1-4-5-12-32(31,19(29)17-13(2)8-6-9-14(17)3)20(30)18-15(21(23,24)25)10-7-11-16(18)22(26,27)28/h6-11H,4-5,12H2,1-3H3. The van der Waals surface area contributed by atoms with Crippen molar-refractivity contribution in [2.45, 2.75) is 46.0 Å². The van der Waals surface area contributed by atoms with E-state index in [1.165, 1.54) is 26.0 Å². The van der Waals surface area contributed by atoms with Gasteiger partial charge in [-0.1, -0.05) is 37.6 Å². The van der Waals surface area contributed by atoms with Crippen molar-refractivity contribution < 1.29 is 40.5 Å². The fourth-order valence-corrected chi connectivity index (χ4v) is 6.11. The number of rotatable bonds is 7. The average molecular weight is 478 g/mol. The van der Waals surface area contributed by atoms with E-state index in [-0.39, 0.29) is 12.0 Å². The summed E-state index contributed by atoms with van der Waals surface area (Å²) in [6.45, 7) is 4.60. The van der Waals surface area contributed by atoms with Gasteiger partial charge in [-0.05, 0) is 43.5 Å². The van der Waals surface area contributed by atoms with Gasteiger partial charge in [-0.3, -0.25) is 9.59 Å². The van der Waals surface area contributed by atoms with Crippen LogP contribution in [0.2, 0.25) is 0 Å². The van der Waals surface area contributed by atoms with E-state index in [1.54, 1.807) is 13.0 Å². The largest absolute Gasteiger partial charge is 0.417 e. The van der Waals surface area contributed by atoms with Gasteiger partial charge in [0.25, 0.3) is 0 Å². The van der Waals surface area contributed by atoms with Crippen LogP contribution < -0.4 is 0 Å². The van der Waals surface area contributed by atoms with Crippen molar-refractivity contribution in [2.24, 2.45) is 0 Å². The maximum absolute atomic E-state index is 13.8. The minimum atomic E-state index is -5.33. The molecule has 2 aromatic carbocycles. The summed E-state index contributed by atoms with van der Waals surface area (Å²) >= 11 is 0. The molecule has 0 saturated heterocycles. The first-order valence-electron chi connectivity index (χ1n) is 9.68. The Hall–Kier alpha value is -2.41. The molecule has 1 unspecified atom stereocenters. The minimum Gasteiger partial charge on any atom is -0.307 e. The molecule has 2 rings (SSSR count). The number of unbranched alkanes of at least 4 members (excludes halogenated alkanes) is 1. The van der Waals surface area contributed by atoms with Crippen LogP contribution in [0.25, 0.3) is 0 Å². The van der Waals surface area contributed by atoms with E-state index in [0.29, 0.717) is 35.7 Å². The van der Waals surface area contributed by atoms with Gasteiger partial charge in [-0.2, -0.15) is 26.3 Å². The Labute approximate surface area is 181 Å². The lowest BCUT2D eigenvalue weighted by molar-refractivity contribution is -0.143. The van der Waals surface area contributed by atoms with Crippen LogP contribution >= 0.6 is 7.14 Å². The van der Waals surface area contributed by atoms with Gasteiger partial charge in [0.05, 0.1) is 16.7 Å². The van der Waals surface area contributed by atoms with Gasteiger partial charge < -0.3 is 4.57 Å². The summed E-state index contributed by atoms with van der Waals surface area (Å²) in [5, 5.41) is 0. The molecular weight excluding hydrogens is 457 g/mol. The van der Waals surface area contributed by atoms with Crippen molar-refractivity contribution in [1.29, 1.82) is 0 Å². The van der Waals surface area contributed by atoms with E-state index in [4.69, 9.17) is 0 Å². The number of carbonyl (C=O) groups is 2. The Kier molecular flexibility index (Phi) is 7.45. The van der Waals surface area contributed by atoms with Crippen LogP contribution in [0.1, 0.15) is 62.7 Å². The molecule has 0 bridgehead atoms. The van der Waals surface area contributed by atoms with Crippen molar-refractivity contribution in [3.8, 4) is 0 Å². The quantitative estimate of drug-likeness (QED) is 0.306. The Morgan fingerprint density at radius 3 is 1.59 bits per heavy atom. The lowest BCUT2D eigenvalue weighted by Gasteiger charge is -2.23. The summed E-state index contributed by atoms with van der Waals surface area (Å²) in [5.41, 5.74) is -8.15. The van der Waals surface area contributed by atoms with Crippen molar-refractivity contribution in [1.82, 2.24) is 0 Å². The number of halogens is 6.